The van der Waals surface area contributed by atoms with E-state index in [1.165, 1.54) is 34.2 Å². The Labute approximate surface area is 60.1 Å². The van der Waals surface area contributed by atoms with E-state index >= 15 is 0 Å². The summed E-state index contributed by atoms with van der Waals surface area (Å²) in [4.78, 5) is 0. The quantitative estimate of drug-likeness (QED) is 0.508. The zero-order chi connectivity index (χ0) is 5.21. The summed E-state index contributed by atoms with van der Waals surface area (Å²) in [6.07, 6.45) is 0. The van der Waals surface area contributed by atoms with Crippen LogP contribution in [0.4, 0.5) is 0 Å². The fraction of sp³-hybridized carbons (Fsp3) is 1.00. The van der Waals surface area contributed by atoms with Crippen molar-refractivity contribution < 1.29 is 31.0 Å². The van der Waals surface area contributed by atoms with Crippen molar-refractivity contribution in [2.75, 3.05) is 0 Å². The molecular formula is C5H11Y. The first kappa shape index (κ1) is 7.10. The standard InChI is InChI=1S/C5H11.Y/c1-5(2,3)4;/h1H2,2-4H3;. The minimum absolute atomic E-state index is 0.599. The van der Waals surface area contributed by atoms with Crippen molar-refractivity contribution in [1.29, 1.82) is 0 Å². The molecule has 0 aliphatic heterocycles. The Morgan fingerprint density at radius 3 is 1.50 bits per heavy atom. The van der Waals surface area contributed by atoms with E-state index in [0.29, 0.717) is 5.41 Å². The van der Waals surface area contributed by atoms with Gasteiger partial charge in [0.15, 0.2) is 0 Å². The summed E-state index contributed by atoms with van der Waals surface area (Å²) in [5.41, 5.74) is 0.599. The molecule has 0 aliphatic carbocycles. The summed E-state index contributed by atoms with van der Waals surface area (Å²) in [7, 11) is 0. The molecule has 0 bridgehead atoms. The normalized spacial score (nSPS) is 11.7. The number of hydrogen-bond acceptors (Lipinski definition) is 0. The first-order valence-electron chi connectivity index (χ1n) is 2.26. The third-order valence-corrected chi connectivity index (χ3v) is 3.62. The van der Waals surface area contributed by atoms with Crippen LogP contribution in [0.1, 0.15) is 20.8 Å². The second-order valence-electron chi connectivity index (χ2n) is 2.76. The molecule has 0 radical (unpaired) electrons. The zero-order valence-electron chi connectivity index (χ0n) is 4.78. The van der Waals surface area contributed by atoms with Gasteiger partial charge in [0.05, 0.1) is 0 Å². The minimum atomic E-state index is 0.599. The summed E-state index contributed by atoms with van der Waals surface area (Å²) < 4.78 is 1.40. The second-order valence-corrected chi connectivity index (χ2v) is 3.77. The Kier molecular flexibility index (Phi) is 2.87. The third-order valence-electron chi connectivity index (χ3n) is 0.612. The van der Waals surface area contributed by atoms with Crippen LogP contribution < -0.4 is 0 Å². The van der Waals surface area contributed by atoms with Gasteiger partial charge in [-0.2, -0.15) is 0 Å². The van der Waals surface area contributed by atoms with Crippen LogP contribution in [0.5, 0.6) is 0 Å². The molecule has 0 aromatic rings. The molecule has 0 aromatic heterocycles. The van der Waals surface area contributed by atoms with Crippen molar-refractivity contribution in [3.05, 3.63) is 0 Å². The van der Waals surface area contributed by atoms with E-state index in [0.717, 1.165) is 0 Å². The van der Waals surface area contributed by atoms with Gasteiger partial charge in [-0.25, -0.2) is 0 Å². The summed E-state index contributed by atoms with van der Waals surface area (Å²) in [6, 6.07) is 0. The van der Waals surface area contributed by atoms with Gasteiger partial charge in [-0.1, -0.05) is 0 Å². The zero-order valence-corrected chi connectivity index (χ0v) is 7.62. The van der Waals surface area contributed by atoms with E-state index in [4.69, 9.17) is 0 Å². The second kappa shape index (κ2) is 2.42. The molecule has 0 unspecified atom stereocenters. The van der Waals surface area contributed by atoms with Crippen LogP contribution in [0.2, 0.25) is 3.23 Å². The maximum atomic E-state index is 2.28. The molecule has 0 aliphatic rings. The van der Waals surface area contributed by atoms with Crippen LogP contribution in [-0.2, 0) is 31.0 Å². The average Bonchev–Trinajstić information content (AvgIpc) is 1.35. The fourth-order valence-corrected chi connectivity index (χ4v) is 0. The Bertz CT molecular complexity index is 33.7. The maximum absolute atomic E-state index is 2.28. The van der Waals surface area contributed by atoms with Crippen molar-refractivity contribution in [1.82, 2.24) is 0 Å². The summed E-state index contributed by atoms with van der Waals surface area (Å²) >= 11 is 1.40. The van der Waals surface area contributed by atoms with E-state index in [1.807, 2.05) is 0 Å². The SMILES string of the molecule is CC(C)(C)[CH2][Y]. The van der Waals surface area contributed by atoms with Crippen molar-refractivity contribution in [3.63, 3.8) is 0 Å². The van der Waals surface area contributed by atoms with Gasteiger partial charge in [0.25, 0.3) is 0 Å². The van der Waals surface area contributed by atoms with Gasteiger partial charge in [-0.3, -0.25) is 0 Å². The van der Waals surface area contributed by atoms with Crippen LogP contribution in [-0.4, -0.2) is 0 Å². The van der Waals surface area contributed by atoms with Crippen molar-refractivity contribution >= 4 is 0 Å². The topological polar surface area (TPSA) is 0 Å². The number of hydrogen-bond donors (Lipinski definition) is 0. The third kappa shape index (κ3) is 5.10. The van der Waals surface area contributed by atoms with E-state index in [2.05, 4.69) is 20.8 Å². The molecule has 1 heteroatoms. The van der Waals surface area contributed by atoms with Gasteiger partial charge in [0.1, 0.15) is 0 Å². The molecule has 0 amide bonds. The molecule has 6 heavy (non-hydrogen) atoms. The van der Waals surface area contributed by atoms with Gasteiger partial charge in [-0.15, -0.1) is 0 Å². The van der Waals surface area contributed by atoms with E-state index < -0.39 is 0 Å². The summed E-state index contributed by atoms with van der Waals surface area (Å²) in [5.74, 6) is 0. The molecule has 0 saturated carbocycles. The van der Waals surface area contributed by atoms with Crippen molar-refractivity contribution in [2.24, 2.45) is 5.41 Å². The predicted molar refractivity (Wildman–Crippen MR) is 24.3 cm³/mol. The van der Waals surface area contributed by atoms with Gasteiger partial charge in [0.2, 0.25) is 0 Å². The fourth-order valence-electron chi connectivity index (χ4n) is 0. The Morgan fingerprint density at radius 2 is 1.50 bits per heavy atom. The monoisotopic (exact) mass is 160 g/mol. The molecule has 0 N–H and O–H groups in total. The molecule has 0 aromatic carbocycles. The van der Waals surface area contributed by atoms with Crippen LogP contribution in [0, 0.1) is 5.41 Å². The van der Waals surface area contributed by atoms with Crippen molar-refractivity contribution in [3.8, 4) is 0 Å². The first-order valence-corrected chi connectivity index (χ1v) is 4.27. The van der Waals surface area contributed by atoms with Gasteiger partial charge in [0, 0.05) is 0 Å². The average molecular weight is 160 g/mol. The molecule has 0 spiro atoms. The van der Waals surface area contributed by atoms with Crippen molar-refractivity contribution in [2.45, 2.75) is 24.0 Å². The molecule has 0 fully saturated rings. The van der Waals surface area contributed by atoms with Gasteiger partial charge in [-0.05, 0) is 0 Å². The first-order chi connectivity index (χ1) is 2.56. The van der Waals surface area contributed by atoms with Crippen LogP contribution in [0.3, 0.4) is 0 Å². The predicted octanol–water partition coefficient (Wildman–Crippen LogP) is 2.00. The van der Waals surface area contributed by atoms with E-state index in [9.17, 15) is 0 Å². The Hall–Kier alpha value is 1.10. The molecule has 0 heterocycles. The summed E-state index contributed by atoms with van der Waals surface area (Å²) in [6.45, 7) is 6.83. The van der Waals surface area contributed by atoms with E-state index in [-0.39, 0.29) is 0 Å². The van der Waals surface area contributed by atoms with E-state index in [1.54, 1.807) is 0 Å². The van der Waals surface area contributed by atoms with Crippen LogP contribution in [0.25, 0.3) is 0 Å². The Balaban J connectivity index is 3.17. The molecule has 34 valence electrons. The van der Waals surface area contributed by atoms with Crippen LogP contribution in [0.15, 0.2) is 0 Å². The molecule has 0 saturated heterocycles. The molecule has 0 nitrogen and oxygen atoms in total. The molecular weight excluding hydrogens is 149 g/mol. The summed E-state index contributed by atoms with van der Waals surface area (Å²) in [5, 5.41) is 0. The van der Waals surface area contributed by atoms with Gasteiger partial charge >= 0.3 is 60.4 Å². The number of rotatable bonds is 0. The van der Waals surface area contributed by atoms with Crippen LogP contribution >= 0.6 is 0 Å². The molecule has 0 rings (SSSR count). The molecule has 0 atom stereocenters. The Morgan fingerprint density at radius 1 is 1.33 bits per heavy atom. The van der Waals surface area contributed by atoms with Gasteiger partial charge < -0.3 is 0 Å².